The molecule has 24 heavy (non-hydrogen) atoms. The second-order valence-corrected chi connectivity index (χ2v) is 7.09. The zero-order valence-corrected chi connectivity index (χ0v) is 14.1. The Labute approximate surface area is 140 Å². The fourth-order valence-electron chi connectivity index (χ4n) is 2.73. The van der Waals surface area contributed by atoms with Gasteiger partial charge in [0.05, 0.1) is 7.11 Å². The molecular weight excluding hydrogens is 328 g/mol. The summed E-state index contributed by atoms with van der Waals surface area (Å²) in [6.07, 6.45) is 1.72. The van der Waals surface area contributed by atoms with Gasteiger partial charge in [-0.1, -0.05) is 24.3 Å². The van der Waals surface area contributed by atoms with E-state index in [1.54, 1.807) is 37.5 Å². The Morgan fingerprint density at radius 3 is 2.42 bits per heavy atom. The van der Waals surface area contributed by atoms with Gasteiger partial charge in [-0.15, -0.1) is 10.8 Å². The van der Waals surface area contributed by atoms with Gasteiger partial charge in [0.1, 0.15) is 10.6 Å². The minimum Gasteiger partial charge on any atom is -0.495 e. The number of nitrogens with two attached hydrogens (primary N) is 1. The van der Waals surface area contributed by atoms with E-state index >= 15 is 0 Å². The highest BCUT2D eigenvalue weighted by molar-refractivity contribution is 8.22. The van der Waals surface area contributed by atoms with Crippen molar-refractivity contribution in [3.05, 3.63) is 59.0 Å². The maximum Gasteiger partial charge on any atom is 0.258 e. The zero-order valence-electron chi connectivity index (χ0n) is 13.3. The van der Waals surface area contributed by atoms with Crippen molar-refractivity contribution < 1.29 is 13.8 Å². The average Bonchev–Trinajstić information content (AvgIpc) is 2.57. The number of hydrogen-bond donors (Lipinski definition) is 3. The maximum atomic E-state index is 12.3. The van der Waals surface area contributed by atoms with Crippen LogP contribution in [0, 0.1) is 0 Å². The molecule has 0 saturated heterocycles. The second kappa shape index (κ2) is 5.95. The first-order chi connectivity index (χ1) is 11.3. The third kappa shape index (κ3) is 2.78. The summed E-state index contributed by atoms with van der Waals surface area (Å²) in [5.41, 5.74) is 1.41. The highest BCUT2D eigenvalue weighted by Gasteiger charge is 2.18. The Morgan fingerprint density at radius 1 is 1.12 bits per heavy atom. The van der Waals surface area contributed by atoms with E-state index in [4.69, 9.17) is 9.88 Å². The van der Waals surface area contributed by atoms with Crippen LogP contribution in [0.25, 0.3) is 21.9 Å². The van der Waals surface area contributed by atoms with Crippen molar-refractivity contribution in [3.63, 3.8) is 0 Å². The van der Waals surface area contributed by atoms with Crippen LogP contribution in [0.3, 0.4) is 0 Å². The number of nitrogens with zero attached hydrogens (tertiary/aromatic N) is 1. The third-order valence-corrected chi connectivity index (χ3v) is 4.86. The van der Waals surface area contributed by atoms with E-state index in [1.165, 1.54) is 11.7 Å². The molecule has 2 aromatic carbocycles. The van der Waals surface area contributed by atoms with Crippen molar-refractivity contribution in [3.8, 4) is 16.9 Å². The van der Waals surface area contributed by atoms with Gasteiger partial charge in [-0.05, 0) is 29.1 Å². The van der Waals surface area contributed by atoms with Crippen LogP contribution in [0.4, 0.5) is 0 Å². The van der Waals surface area contributed by atoms with Crippen molar-refractivity contribution in [2.24, 2.45) is 12.2 Å². The van der Waals surface area contributed by atoms with Crippen molar-refractivity contribution in [2.75, 3.05) is 7.11 Å². The normalized spacial score (nSPS) is 12.4. The molecule has 0 unspecified atom stereocenters. The maximum absolute atomic E-state index is 12.3. The summed E-state index contributed by atoms with van der Waals surface area (Å²) in [4.78, 5) is 12.4. The van der Waals surface area contributed by atoms with Gasteiger partial charge in [-0.3, -0.25) is 13.9 Å². The minimum absolute atomic E-state index is 0.0915. The van der Waals surface area contributed by atoms with Crippen LogP contribution >= 0.6 is 10.8 Å². The van der Waals surface area contributed by atoms with E-state index < -0.39 is 10.8 Å². The van der Waals surface area contributed by atoms with Crippen LogP contribution < -0.4 is 15.4 Å². The highest BCUT2D eigenvalue weighted by atomic mass is 32.3. The number of aromatic nitrogens is 1. The SMILES string of the molecule is COc1ccc(-c2cn(C)c(=O)c3ccccc23)cc1S(N)(O)O. The highest BCUT2D eigenvalue weighted by Crippen LogP contribution is 2.47. The number of hydrogen-bond acceptors (Lipinski definition) is 5. The van der Waals surface area contributed by atoms with Gasteiger partial charge in [0.2, 0.25) is 0 Å². The fraction of sp³-hybridized carbons (Fsp3) is 0.118. The number of pyridine rings is 1. The molecule has 0 amide bonds. The molecule has 0 atom stereocenters. The minimum atomic E-state index is -3.44. The lowest BCUT2D eigenvalue weighted by Gasteiger charge is -2.28. The predicted octanol–water partition coefficient (Wildman–Crippen LogP) is 3.20. The van der Waals surface area contributed by atoms with Crippen molar-refractivity contribution in [1.82, 2.24) is 4.57 Å². The molecule has 0 aliphatic carbocycles. The molecule has 7 heteroatoms. The Kier molecular flexibility index (Phi) is 4.10. The summed E-state index contributed by atoms with van der Waals surface area (Å²) in [5, 5.41) is 6.88. The lowest BCUT2D eigenvalue weighted by Crippen LogP contribution is -2.16. The summed E-state index contributed by atoms with van der Waals surface area (Å²) in [6.45, 7) is 0. The number of aryl methyl sites for hydroxylation is 1. The van der Waals surface area contributed by atoms with Crippen LogP contribution in [0.1, 0.15) is 0 Å². The van der Waals surface area contributed by atoms with E-state index in [1.807, 2.05) is 18.2 Å². The Morgan fingerprint density at radius 2 is 1.79 bits per heavy atom. The predicted molar refractivity (Wildman–Crippen MR) is 96.5 cm³/mol. The Bertz CT molecular complexity index is 976. The molecule has 0 bridgehead atoms. The van der Waals surface area contributed by atoms with E-state index in [0.29, 0.717) is 16.7 Å². The topological polar surface area (TPSA) is 97.7 Å². The molecule has 0 radical (unpaired) electrons. The van der Waals surface area contributed by atoms with Crippen molar-refractivity contribution >= 4 is 21.5 Å². The largest absolute Gasteiger partial charge is 0.495 e. The summed E-state index contributed by atoms with van der Waals surface area (Å²) < 4.78 is 26.4. The summed E-state index contributed by atoms with van der Waals surface area (Å²) in [6, 6.07) is 12.3. The summed E-state index contributed by atoms with van der Waals surface area (Å²) >= 11 is 0. The average molecular weight is 346 g/mol. The van der Waals surface area contributed by atoms with Crippen LogP contribution in [0.15, 0.2) is 58.4 Å². The van der Waals surface area contributed by atoms with Gasteiger partial charge in [0.25, 0.3) is 5.56 Å². The lowest BCUT2D eigenvalue weighted by molar-refractivity contribution is 0.397. The fourth-order valence-corrected chi connectivity index (χ4v) is 3.47. The molecule has 1 aromatic heterocycles. The van der Waals surface area contributed by atoms with Crippen LogP contribution in [-0.4, -0.2) is 20.8 Å². The van der Waals surface area contributed by atoms with E-state index in [2.05, 4.69) is 0 Å². The molecule has 126 valence electrons. The van der Waals surface area contributed by atoms with Gasteiger partial charge in [-0.2, -0.15) is 0 Å². The monoisotopic (exact) mass is 346 g/mol. The van der Waals surface area contributed by atoms with Gasteiger partial charge >= 0.3 is 0 Å². The Balaban J connectivity index is 2.33. The molecule has 0 spiro atoms. The van der Waals surface area contributed by atoms with Crippen molar-refractivity contribution in [2.45, 2.75) is 4.90 Å². The molecule has 6 nitrogen and oxygen atoms in total. The van der Waals surface area contributed by atoms with E-state index in [0.717, 1.165) is 10.9 Å². The number of ether oxygens (including phenoxy) is 1. The third-order valence-electron chi connectivity index (χ3n) is 3.89. The first-order valence-electron chi connectivity index (χ1n) is 7.15. The number of methoxy groups -OCH3 is 1. The first-order valence-corrected chi connectivity index (χ1v) is 8.76. The van der Waals surface area contributed by atoms with Gasteiger partial charge < -0.3 is 9.30 Å². The van der Waals surface area contributed by atoms with E-state index in [-0.39, 0.29) is 10.5 Å². The number of rotatable bonds is 3. The first kappa shape index (κ1) is 16.5. The Hall–Kier alpha value is -2.32. The van der Waals surface area contributed by atoms with Gasteiger partial charge in [0.15, 0.2) is 0 Å². The summed E-state index contributed by atoms with van der Waals surface area (Å²) in [7, 11) is -0.326. The van der Waals surface area contributed by atoms with Crippen LogP contribution in [0.5, 0.6) is 5.75 Å². The standard InChI is InChI=1S/C17H18N2O4S/c1-19-10-14(12-5-3-4-6-13(12)17(19)20)11-7-8-15(23-2)16(9-11)24(18,21)22/h3-10,21-22H,18H2,1-2H3. The molecule has 0 saturated carbocycles. The smallest absolute Gasteiger partial charge is 0.258 e. The van der Waals surface area contributed by atoms with E-state index in [9.17, 15) is 13.9 Å². The van der Waals surface area contributed by atoms with Gasteiger partial charge in [-0.25, -0.2) is 5.14 Å². The number of fused-ring (bicyclic) bond motifs is 1. The molecule has 1 heterocycles. The molecule has 0 fully saturated rings. The molecule has 4 N–H and O–H groups in total. The molecule has 0 aliphatic heterocycles. The van der Waals surface area contributed by atoms with Crippen LogP contribution in [-0.2, 0) is 7.05 Å². The molecule has 3 aromatic rings. The lowest BCUT2D eigenvalue weighted by atomic mass is 10.0. The van der Waals surface area contributed by atoms with Crippen LogP contribution in [0.2, 0.25) is 0 Å². The number of benzene rings is 2. The van der Waals surface area contributed by atoms with Crippen molar-refractivity contribution in [1.29, 1.82) is 0 Å². The van der Waals surface area contributed by atoms with Gasteiger partial charge in [0, 0.05) is 24.2 Å². The quantitative estimate of drug-likeness (QED) is 0.676. The summed E-state index contributed by atoms with van der Waals surface area (Å²) in [5.74, 6) is 0.301. The zero-order chi connectivity index (χ0) is 17.5. The molecule has 0 aliphatic rings. The molecule has 3 rings (SSSR count). The molecular formula is C17H18N2O4S. The second-order valence-electron chi connectivity index (χ2n) is 5.46.